The molecule has 5 aromatic rings. The summed E-state index contributed by atoms with van der Waals surface area (Å²) in [5.74, 6) is 0.496. The Labute approximate surface area is 211 Å². The molecule has 0 atom stereocenters. The molecular formula is C33H25N3. The molecule has 0 saturated carbocycles. The summed E-state index contributed by atoms with van der Waals surface area (Å²) in [6, 6.07) is 45.5. The largest absolute Gasteiger partial charge is 0.289 e. The van der Waals surface area contributed by atoms with Crippen LogP contribution >= 0.6 is 0 Å². The van der Waals surface area contributed by atoms with Gasteiger partial charge in [0, 0.05) is 11.8 Å². The van der Waals surface area contributed by atoms with E-state index in [1.165, 1.54) is 0 Å². The summed E-state index contributed by atoms with van der Waals surface area (Å²) in [6.45, 7) is 0. The van der Waals surface area contributed by atoms with Gasteiger partial charge in [-0.15, -0.1) is 0 Å². The molecule has 0 amide bonds. The second-order valence-electron chi connectivity index (χ2n) is 8.36. The van der Waals surface area contributed by atoms with Crippen molar-refractivity contribution in [3.8, 4) is 33.4 Å². The highest BCUT2D eigenvalue weighted by Crippen LogP contribution is 2.28. The van der Waals surface area contributed by atoms with Crippen LogP contribution in [0.3, 0.4) is 0 Å². The Hall–Kier alpha value is -4.89. The van der Waals surface area contributed by atoms with Gasteiger partial charge in [0.15, 0.2) is 5.84 Å². The molecule has 36 heavy (non-hydrogen) atoms. The summed E-state index contributed by atoms with van der Waals surface area (Å²) < 4.78 is 0. The molecule has 5 aromatic carbocycles. The van der Waals surface area contributed by atoms with Crippen molar-refractivity contribution < 1.29 is 0 Å². The third-order valence-electron chi connectivity index (χ3n) is 5.94. The maximum Gasteiger partial charge on any atom is 0.160 e. The third kappa shape index (κ3) is 5.43. The van der Waals surface area contributed by atoms with Gasteiger partial charge in [0.2, 0.25) is 0 Å². The molecule has 1 N–H and O–H groups in total. The normalized spacial score (nSPS) is 11.5. The zero-order valence-corrected chi connectivity index (χ0v) is 19.8. The number of aliphatic imine (C=N–C) groups is 2. The molecule has 172 valence electrons. The summed E-state index contributed by atoms with van der Waals surface area (Å²) in [4.78, 5) is 8.93. The van der Waals surface area contributed by atoms with Crippen molar-refractivity contribution >= 4 is 18.4 Å². The number of rotatable bonds is 6. The van der Waals surface area contributed by atoms with Crippen LogP contribution in [0.25, 0.3) is 33.4 Å². The van der Waals surface area contributed by atoms with E-state index in [2.05, 4.69) is 71.7 Å². The van der Waals surface area contributed by atoms with Crippen molar-refractivity contribution in [1.82, 2.24) is 0 Å². The molecule has 0 unspecified atom stereocenters. The second kappa shape index (κ2) is 11.0. The highest BCUT2D eigenvalue weighted by Gasteiger charge is 2.06. The molecule has 3 nitrogen and oxygen atoms in total. The van der Waals surface area contributed by atoms with Gasteiger partial charge in [0.05, 0.1) is 0 Å². The zero-order chi connectivity index (χ0) is 24.6. The number of nitrogens with zero attached hydrogens (tertiary/aromatic N) is 2. The number of hydrogen-bond donors (Lipinski definition) is 1. The minimum atomic E-state index is 0.496. The van der Waals surface area contributed by atoms with Crippen LogP contribution in [-0.2, 0) is 0 Å². The minimum absolute atomic E-state index is 0.496. The van der Waals surface area contributed by atoms with E-state index >= 15 is 0 Å². The molecule has 0 aliphatic rings. The lowest BCUT2D eigenvalue weighted by atomic mass is 9.96. The van der Waals surface area contributed by atoms with Crippen LogP contribution in [-0.4, -0.2) is 18.4 Å². The van der Waals surface area contributed by atoms with E-state index in [1.54, 1.807) is 0 Å². The Balaban J connectivity index is 1.50. The van der Waals surface area contributed by atoms with E-state index in [-0.39, 0.29) is 0 Å². The van der Waals surface area contributed by atoms with Crippen LogP contribution in [0.4, 0.5) is 0 Å². The lowest BCUT2D eigenvalue weighted by Crippen LogP contribution is -1.99. The van der Waals surface area contributed by atoms with Gasteiger partial charge in [-0.1, -0.05) is 115 Å². The first kappa shape index (κ1) is 22.9. The van der Waals surface area contributed by atoms with Crippen molar-refractivity contribution in [3.05, 3.63) is 145 Å². The second-order valence-corrected chi connectivity index (χ2v) is 8.36. The van der Waals surface area contributed by atoms with Gasteiger partial charge in [-0.05, 0) is 57.1 Å². The maximum absolute atomic E-state index is 7.55. The van der Waals surface area contributed by atoms with Crippen molar-refractivity contribution in [2.75, 3.05) is 0 Å². The van der Waals surface area contributed by atoms with Gasteiger partial charge < -0.3 is 0 Å². The van der Waals surface area contributed by atoms with Crippen molar-refractivity contribution in [1.29, 1.82) is 5.41 Å². The molecule has 0 saturated heterocycles. The van der Waals surface area contributed by atoms with E-state index in [0.29, 0.717) is 5.84 Å². The predicted molar refractivity (Wildman–Crippen MR) is 152 cm³/mol. The van der Waals surface area contributed by atoms with Gasteiger partial charge in [-0.3, -0.25) is 5.41 Å². The first-order valence-corrected chi connectivity index (χ1v) is 11.8. The Bertz CT molecular complexity index is 1440. The smallest absolute Gasteiger partial charge is 0.160 e. The van der Waals surface area contributed by atoms with E-state index in [0.717, 1.165) is 50.8 Å². The summed E-state index contributed by atoms with van der Waals surface area (Å²) in [6.07, 6.45) is 2.86. The summed E-state index contributed by atoms with van der Waals surface area (Å²) in [5, 5.41) is 7.55. The van der Waals surface area contributed by atoms with Crippen LogP contribution in [0, 0.1) is 5.41 Å². The van der Waals surface area contributed by atoms with E-state index < -0.39 is 0 Å². The number of benzene rings is 5. The molecule has 0 aliphatic heterocycles. The fraction of sp³-hybridized carbons (Fsp3) is 0. The molecule has 0 radical (unpaired) electrons. The van der Waals surface area contributed by atoms with Gasteiger partial charge >= 0.3 is 0 Å². The van der Waals surface area contributed by atoms with Crippen LogP contribution in [0.1, 0.15) is 11.1 Å². The lowest BCUT2D eigenvalue weighted by Gasteiger charge is -2.09. The highest BCUT2D eigenvalue weighted by atomic mass is 14.9. The Morgan fingerprint density at radius 1 is 0.500 bits per heavy atom. The summed E-state index contributed by atoms with van der Waals surface area (Å²) >= 11 is 0. The lowest BCUT2D eigenvalue weighted by molar-refractivity contribution is 1.47. The van der Waals surface area contributed by atoms with Gasteiger partial charge in [0.1, 0.15) is 6.34 Å². The van der Waals surface area contributed by atoms with Crippen LogP contribution in [0.2, 0.25) is 0 Å². The topological polar surface area (TPSA) is 48.6 Å². The zero-order valence-electron chi connectivity index (χ0n) is 19.8. The average Bonchev–Trinajstić information content (AvgIpc) is 2.96. The highest BCUT2D eigenvalue weighted by molar-refractivity contribution is 6.08. The van der Waals surface area contributed by atoms with Crippen molar-refractivity contribution in [3.63, 3.8) is 0 Å². The Kier molecular flexibility index (Phi) is 7.01. The van der Waals surface area contributed by atoms with E-state index in [9.17, 15) is 0 Å². The van der Waals surface area contributed by atoms with Crippen LogP contribution < -0.4 is 0 Å². The molecular weight excluding hydrogens is 438 g/mol. The molecule has 0 spiro atoms. The molecule has 0 aromatic heterocycles. The van der Waals surface area contributed by atoms with Crippen molar-refractivity contribution in [2.45, 2.75) is 0 Å². The Morgan fingerprint density at radius 3 is 1.42 bits per heavy atom. The molecule has 0 fully saturated rings. The quantitative estimate of drug-likeness (QED) is 0.195. The molecule has 0 heterocycles. The van der Waals surface area contributed by atoms with Crippen LogP contribution in [0.15, 0.2) is 143 Å². The number of nitrogens with one attached hydrogen (secondary N) is 1. The maximum atomic E-state index is 7.55. The summed E-state index contributed by atoms with van der Waals surface area (Å²) in [5.41, 5.74) is 8.65. The minimum Gasteiger partial charge on any atom is -0.289 e. The first-order chi connectivity index (χ1) is 17.8. The van der Waals surface area contributed by atoms with Gasteiger partial charge in [-0.2, -0.15) is 0 Å². The summed E-state index contributed by atoms with van der Waals surface area (Å²) in [7, 11) is 0. The fourth-order valence-electron chi connectivity index (χ4n) is 4.14. The molecule has 3 heteroatoms. The van der Waals surface area contributed by atoms with Gasteiger partial charge in [0.25, 0.3) is 0 Å². The number of amidine groups is 1. The molecule has 0 bridgehead atoms. The fourth-order valence-corrected chi connectivity index (χ4v) is 4.14. The Morgan fingerprint density at radius 2 is 0.944 bits per heavy atom. The standard InChI is InChI=1S/C33H25N3/c34-24-36-33(30-18-16-29(17-19-30)26-10-4-1-5-11-26)35-23-25-20-31(27-12-6-2-7-13-27)22-32(21-25)28-14-8-3-9-15-28/h1-24,34H. The van der Waals surface area contributed by atoms with Crippen LogP contribution in [0.5, 0.6) is 0 Å². The molecule has 5 rings (SSSR count). The van der Waals surface area contributed by atoms with Crippen molar-refractivity contribution in [2.24, 2.45) is 9.98 Å². The van der Waals surface area contributed by atoms with E-state index in [4.69, 9.17) is 10.4 Å². The SMILES string of the molecule is N=CN=C(N=Cc1cc(-c2ccccc2)cc(-c2ccccc2)c1)c1ccc(-c2ccccc2)cc1. The third-order valence-corrected chi connectivity index (χ3v) is 5.94. The number of hydrogen-bond acceptors (Lipinski definition) is 1. The predicted octanol–water partition coefficient (Wildman–Crippen LogP) is 8.16. The first-order valence-electron chi connectivity index (χ1n) is 11.8. The van der Waals surface area contributed by atoms with Gasteiger partial charge in [-0.25, -0.2) is 9.98 Å². The molecule has 0 aliphatic carbocycles. The monoisotopic (exact) mass is 463 g/mol. The average molecular weight is 464 g/mol. The van der Waals surface area contributed by atoms with E-state index in [1.807, 2.05) is 72.9 Å².